The SMILES string of the molecule is C=CC(=O)Nc1cc(N2CCN(CC)CC2)ccc1Nc1cc(NC(C)c2cscn2)c(C#N)cn1. The van der Waals surface area contributed by atoms with Crippen LogP contribution in [0, 0.1) is 11.3 Å². The van der Waals surface area contributed by atoms with E-state index in [9.17, 15) is 10.1 Å². The van der Waals surface area contributed by atoms with Crippen LogP contribution in [0.1, 0.15) is 31.1 Å². The lowest BCUT2D eigenvalue weighted by atomic mass is 10.1. The van der Waals surface area contributed by atoms with Gasteiger partial charge in [0.25, 0.3) is 0 Å². The molecule has 0 spiro atoms. The monoisotopic (exact) mass is 502 g/mol. The molecule has 2 aromatic heterocycles. The molecule has 1 aliphatic rings. The van der Waals surface area contributed by atoms with E-state index in [0.29, 0.717) is 28.4 Å². The smallest absolute Gasteiger partial charge is 0.247 e. The molecule has 36 heavy (non-hydrogen) atoms. The van der Waals surface area contributed by atoms with E-state index in [-0.39, 0.29) is 11.9 Å². The summed E-state index contributed by atoms with van der Waals surface area (Å²) in [5, 5.41) is 21.1. The summed E-state index contributed by atoms with van der Waals surface area (Å²) in [6.07, 6.45) is 2.78. The number of nitrogens with one attached hydrogen (secondary N) is 3. The molecule has 1 fully saturated rings. The Labute approximate surface area is 215 Å². The number of aromatic nitrogens is 2. The van der Waals surface area contributed by atoms with E-state index in [1.54, 1.807) is 11.6 Å². The largest absolute Gasteiger partial charge is 0.376 e. The second kappa shape index (κ2) is 11.7. The molecule has 3 aromatic rings. The first-order valence-electron chi connectivity index (χ1n) is 11.9. The normalized spacial score (nSPS) is 14.5. The number of carbonyl (C=O) groups excluding carboxylic acids is 1. The summed E-state index contributed by atoms with van der Waals surface area (Å²) < 4.78 is 0. The molecule has 1 amide bonds. The third-order valence-corrected chi connectivity index (χ3v) is 6.79. The number of rotatable bonds is 9. The van der Waals surface area contributed by atoms with Gasteiger partial charge in [-0.15, -0.1) is 11.3 Å². The average Bonchev–Trinajstić information content (AvgIpc) is 3.45. The third-order valence-electron chi connectivity index (χ3n) is 6.19. The number of thiazole rings is 1. The first-order valence-corrected chi connectivity index (χ1v) is 12.8. The number of hydrogen-bond acceptors (Lipinski definition) is 9. The minimum Gasteiger partial charge on any atom is -0.376 e. The van der Waals surface area contributed by atoms with Crippen molar-refractivity contribution < 1.29 is 4.79 Å². The number of piperazine rings is 1. The average molecular weight is 503 g/mol. The zero-order valence-electron chi connectivity index (χ0n) is 20.5. The number of likely N-dealkylation sites (N-methyl/N-ethyl adjacent to an activating group) is 1. The van der Waals surface area contributed by atoms with Gasteiger partial charge in [0.1, 0.15) is 11.9 Å². The number of anilines is 5. The fraction of sp³-hybridized carbons (Fsp3) is 0.308. The number of pyridine rings is 1. The highest BCUT2D eigenvalue weighted by Crippen LogP contribution is 2.32. The highest BCUT2D eigenvalue weighted by molar-refractivity contribution is 7.07. The van der Waals surface area contributed by atoms with E-state index in [0.717, 1.165) is 44.1 Å². The van der Waals surface area contributed by atoms with Gasteiger partial charge in [-0.25, -0.2) is 9.97 Å². The molecule has 0 saturated carbocycles. The Morgan fingerprint density at radius 2 is 2.03 bits per heavy atom. The molecule has 4 rings (SSSR count). The molecule has 0 aliphatic carbocycles. The first kappa shape index (κ1) is 25.2. The van der Waals surface area contributed by atoms with Gasteiger partial charge in [0.05, 0.1) is 39.9 Å². The van der Waals surface area contributed by atoms with Gasteiger partial charge in [-0.2, -0.15) is 5.26 Å². The predicted molar refractivity (Wildman–Crippen MR) is 146 cm³/mol. The fourth-order valence-electron chi connectivity index (χ4n) is 4.06. The standard InChI is InChI=1S/C26H30N8OS/c1-4-26(35)32-23-12-20(34-10-8-33(5-2)9-11-34)6-7-21(23)31-25-13-22(19(14-27)15-28-25)30-18(3)24-16-36-17-29-24/h4,6-7,12-13,15-18H,1,5,8-11H2,2-3H3,(H,32,35)(H2,28,30,31). The lowest BCUT2D eigenvalue weighted by Crippen LogP contribution is -2.46. The molecular formula is C26H30N8OS. The first-order chi connectivity index (χ1) is 17.5. The minimum absolute atomic E-state index is 0.0755. The molecule has 186 valence electrons. The predicted octanol–water partition coefficient (Wildman–Crippen LogP) is 4.59. The molecule has 1 aromatic carbocycles. The number of carbonyl (C=O) groups is 1. The minimum atomic E-state index is -0.293. The topological polar surface area (TPSA) is 109 Å². The highest BCUT2D eigenvalue weighted by Gasteiger charge is 2.18. The van der Waals surface area contributed by atoms with Gasteiger partial charge in [-0.3, -0.25) is 4.79 Å². The molecule has 9 nitrogen and oxygen atoms in total. The van der Waals surface area contributed by atoms with E-state index in [1.165, 1.54) is 23.6 Å². The van der Waals surface area contributed by atoms with Gasteiger partial charge in [0.15, 0.2) is 0 Å². The third kappa shape index (κ3) is 6.00. The van der Waals surface area contributed by atoms with Gasteiger partial charge in [0, 0.05) is 49.5 Å². The van der Waals surface area contributed by atoms with Crippen molar-refractivity contribution in [2.45, 2.75) is 19.9 Å². The Kier molecular flexibility index (Phi) is 8.15. The van der Waals surface area contributed by atoms with Crippen molar-refractivity contribution in [2.75, 3.05) is 53.6 Å². The number of hydrogen-bond donors (Lipinski definition) is 3. The Bertz CT molecular complexity index is 1250. The molecule has 1 saturated heterocycles. The van der Waals surface area contributed by atoms with Crippen LogP contribution < -0.4 is 20.9 Å². The molecule has 0 radical (unpaired) electrons. The highest BCUT2D eigenvalue weighted by atomic mass is 32.1. The summed E-state index contributed by atoms with van der Waals surface area (Å²) in [6.45, 7) is 12.7. The van der Waals surface area contributed by atoms with Gasteiger partial charge in [-0.05, 0) is 37.7 Å². The van der Waals surface area contributed by atoms with Crippen LogP contribution >= 0.6 is 11.3 Å². The number of amides is 1. The maximum Gasteiger partial charge on any atom is 0.247 e. The maximum absolute atomic E-state index is 12.2. The van der Waals surface area contributed by atoms with Crippen LogP contribution in [0.3, 0.4) is 0 Å². The fourth-order valence-corrected chi connectivity index (χ4v) is 4.71. The summed E-state index contributed by atoms with van der Waals surface area (Å²) in [5.74, 6) is 0.249. The second-order valence-corrected chi connectivity index (χ2v) is 9.19. The van der Waals surface area contributed by atoms with Crippen molar-refractivity contribution in [3.63, 3.8) is 0 Å². The molecule has 1 aliphatic heterocycles. The summed E-state index contributed by atoms with van der Waals surface area (Å²) in [5.41, 5.74) is 6.14. The second-order valence-electron chi connectivity index (χ2n) is 8.48. The lowest BCUT2D eigenvalue weighted by molar-refractivity contribution is -0.111. The van der Waals surface area contributed by atoms with Crippen molar-refractivity contribution in [1.29, 1.82) is 5.26 Å². The number of nitriles is 1. The number of benzene rings is 1. The lowest BCUT2D eigenvalue weighted by Gasteiger charge is -2.35. The van der Waals surface area contributed by atoms with Crippen molar-refractivity contribution in [3.05, 3.63) is 65.3 Å². The Balaban J connectivity index is 1.58. The van der Waals surface area contributed by atoms with Gasteiger partial charge >= 0.3 is 0 Å². The zero-order chi connectivity index (χ0) is 25.5. The molecular weight excluding hydrogens is 472 g/mol. The van der Waals surface area contributed by atoms with E-state index in [2.05, 4.69) is 55.3 Å². The zero-order valence-corrected chi connectivity index (χ0v) is 21.3. The van der Waals surface area contributed by atoms with Crippen molar-refractivity contribution in [2.24, 2.45) is 0 Å². The van der Waals surface area contributed by atoms with E-state index >= 15 is 0 Å². The van der Waals surface area contributed by atoms with E-state index < -0.39 is 0 Å². The van der Waals surface area contributed by atoms with E-state index in [4.69, 9.17) is 0 Å². The molecule has 0 bridgehead atoms. The molecule has 3 N–H and O–H groups in total. The van der Waals surface area contributed by atoms with Crippen molar-refractivity contribution in [3.8, 4) is 6.07 Å². The van der Waals surface area contributed by atoms with Crippen LogP contribution in [0.5, 0.6) is 0 Å². The van der Waals surface area contributed by atoms with Crippen LogP contribution in [0.15, 0.2) is 54.0 Å². The van der Waals surface area contributed by atoms with Gasteiger partial charge in [0.2, 0.25) is 5.91 Å². The summed E-state index contributed by atoms with van der Waals surface area (Å²) in [7, 11) is 0. The van der Waals surface area contributed by atoms with Crippen molar-refractivity contribution in [1.82, 2.24) is 14.9 Å². The molecule has 3 heterocycles. The quantitative estimate of drug-likeness (QED) is 0.365. The van der Waals surface area contributed by atoms with Crippen LogP contribution in [-0.2, 0) is 4.79 Å². The van der Waals surface area contributed by atoms with Gasteiger partial charge < -0.3 is 25.8 Å². The molecule has 1 unspecified atom stereocenters. The van der Waals surface area contributed by atoms with Crippen LogP contribution in [0.4, 0.5) is 28.6 Å². The Hall–Kier alpha value is -3.94. The summed E-state index contributed by atoms with van der Waals surface area (Å²) in [6, 6.07) is 9.85. The van der Waals surface area contributed by atoms with Crippen molar-refractivity contribution >= 4 is 45.8 Å². The van der Waals surface area contributed by atoms with Crippen LogP contribution in [0.2, 0.25) is 0 Å². The summed E-state index contributed by atoms with van der Waals surface area (Å²) in [4.78, 5) is 25.7. The molecule has 1 atom stereocenters. The Morgan fingerprint density at radius 1 is 1.22 bits per heavy atom. The number of nitrogens with zero attached hydrogens (tertiary/aromatic N) is 5. The summed E-state index contributed by atoms with van der Waals surface area (Å²) >= 11 is 1.53. The van der Waals surface area contributed by atoms with Crippen LogP contribution in [0.25, 0.3) is 0 Å². The molecule has 10 heteroatoms. The van der Waals surface area contributed by atoms with E-state index in [1.807, 2.05) is 30.5 Å². The Morgan fingerprint density at radius 3 is 2.69 bits per heavy atom. The van der Waals surface area contributed by atoms with Gasteiger partial charge in [-0.1, -0.05) is 13.5 Å². The maximum atomic E-state index is 12.2. The van der Waals surface area contributed by atoms with Crippen LogP contribution in [-0.4, -0.2) is 53.5 Å².